The van der Waals surface area contributed by atoms with Gasteiger partial charge in [0, 0.05) is 39.9 Å². The Balaban J connectivity index is 1.54. The molecule has 2 aromatic carbocycles. The molecule has 2 N–H and O–H groups in total. The van der Waals surface area contributed by atoms with Gasteiger partial charge in [-0.15, -0.1) is 11.8 Å². The number of thioether (sulfide) groups is 1. The van der Waals surface area contributed by atoms with Gasteiger partial charge < -0.3 is 19.8 Å². The second-order valence-electron chi connectivity index (χ2n) is 5.37. The average molecular weight is 356 g/mol. The fraction of sp³-hybridized carbons (Fsp3) is 0.211. The smallest absolute Gasteiger partial charge is 0.251 e. The van der Waals surface area contributed by atoms with Crippen LogP contribution in [-0.4, -0.2) is 37.4 Å². The van der Waals surface area contributed by atoms with Crippen LogP contribution in [0.1, 0.15) is 10.4 Å². The predicted molar refractivity (Wildman–Crippen MR) is 101 cm³/mol. The van der Waals surface area contributed by atoms with Crippen molar-refractivity contribution in [1.82, 2.24) is 10.3 Å². The molecule has 0 fully saturated rings. The summed E-state index contributed by atoms with van der Waals surface area (Å²) >= 11 is 1.72. The van der Waals surface area contributed by atoms with Crippen molar-refractivity contribution < 1.29 is 14.3 Å². The molecular weight excluding hydrogens is 336 g/mol. The maximum atomic E-state index is 12.3. The van der Waals surface area contributed by atoms with E-state index in [1.54, 1.807) is 44.2 Å². The van der Waals surface area contributed by atoms with Crippen LogP contribution in [0.5, 0.6) is 11.5 Å². The Bertz CT molecular complexity index is 876. The van der Waals surface area contributed by atoms with Crippen LogP contribution in [0.4, 0.5) is 0 Å². The summed E-state index contributed by atoms with van der Waals surface area (Å²) in [7, 11) is 3.12. The Hall–Kier alpha value is -2.60. The summed E-state index contributed by atoms with van der Waals surface area (Å²) in [5.41, 5.74) is 1.68. The van der Waals surface area contributed by atoms with Gasteiger partial charge in [0.25, 0.3) is 5.91 Å². The third-order valence-electron chi connectivity index (χ3n) is 3.84. The second-order valence-corrected chi connectivity index (χ2v) is 6.51. The molecule has 25 heavy (non-hydrogen) atoms. The number of carbonyl (C=O) groups is 1. The number of ether oxygens (including phenoxy) is 2. The first kappa shape index (κ1) is 17.2. The van der Waals surface area contributed by atoms with Gasteiger partial charge in [0.2, 0.25) is 0 Å². The number of fused-ring (bicyclic) bond motifs is 1. The molecule has 3 aromatic rings. The lowest BCUT2D eigenvalue weighted by atomic mass is 10.2. The Kier molecular flexibility index (Phi) is 5.50. The highest BCUT2D eigenvalue weighted by Crippen LogP contribution is 2.28. The lowest BCUT2D eigenvalue weighted by molar-refractivity contribution is 0.0956. The summed E-state index contributed by atoms with van der Waals surface area (Å²) < 4.78 is 10.4. The molecule has 1 aromatic heterocycles. The van der Waals surface area contributed by atoms with Crippen LogP contribution in [0.3, 0.4) is 0 Å². The Labute approximate surface area is 150 Å². The Morgan fingerprint density at radius 1 is 1.12 bits per heavy atom. The third-order valence-corrected chi connectivity index (χ3v) is 4.90. The molecule has 1 heterocycles. The molecule has 0 aliphatic heterocycles. The van der Waals surface area contributed by atoms with E-state index in [9.17, 15) is 4.79 Å². The number of hydrogen-bond donors (Lipinski definition) is 2. The van der Waals surface area contributed by atoms with Gasteiger partial charge in [-0.25, -0.2) is 0 Å². The van der Waals surface area contributed by atoms with Crippen molar-refractivity contribution in [3.63, 3.8) is 0 Å². The zero-order chi connectivity index (χ0) is 17.6. The van der Waals surface area contributed by atoms with E-state index >= 15 is 0 Å². The van der Waals surface area contributed by atoms with Crippen LogP contribution in [0.25, 0.3) is 10.9 Å². The van der Waals surface area contributed by atoms with Gasteiger partial charge in [-0.05, 0) is 24.3 Å². The van der Waals surface area contributed by atoms with E-state index in [2.05, 4.69) is 22.4 Å². The SMILES string of the molecule is COc1ccc(C(=O)NCCSc2c[nH]c3ccccc23)cc1OC. The van der Waals surface area contributed by atoms with Crippen molar-refractivity contribution >= 4 is 28.6 Å². The zero-order valence-corrected chi connectivity index (χ0v) is 15.0. The maximum Gasteiger partial charge on any atom is 0.251 e. The Morgan fingerprint density at radius 3 is 2.72 bits per heavy atom. The number of amides is 1. The number of aromatic amines is 1. The molecule has 0 radical (unpaired) electrons. The van der Waals surface area contributed by atoms with Gasteiger partial charge in [-0.2, -0.15) is 0 Å². The summed E-state index contributed by atoms with van der Waals surface area (Å²) in [6, 6.07) is 13.3. The monoisotopic (exact) mass is 356 g/mol. The van der Waals surface area contributed by atoms with Crippen LogP contribution >= 0.6 is 11.8 Å². The van der Waals surface area contributed by atoms with Crippen LogP contribution in [0.2, 0.25) is 0 Å². The van der Waals surface area contributed by atoms with Crippen molar-refractivity contribution in [2.45, 2.75) is 4.90 Å². The molecule has 0 spiro atoms. The summed E-state index contributed by atoms with van der Waals surface area (Å²) in [6.45, 7) is 0.581. The fourth-order valence-corrected chi connectivity index (χ4v) is 3.47. The maximum absolute atomic E-state index is 12.3. The van der Waals surface area contributed by atoms with Gasteiger partial charge in [0.15, 0.2) is 11.5 Å². The molecule has 0 unspecified atom stereocenters. The number of benzene rings is 2. The van der Waals surface area contributed by atoms with Gasteiger partial charge in [0.1, 0.15) is 0 Å². The van der Waals surface area contributed by atoms with Gasteiger partial charge >= 0.3 is 0 Å². The molecule has 5 nitrogen and oxygen atoms in total. The topological polar surface area (TPSA) is 63.3 Å². The minimum atomic E-state index is -0.125. The quantitative estimate of drug-likeness (QED) is 0.500. The molecule has 6 heteroatoms. The molecule has 130 valence electrons. The molecule has 0 aliphatic rings. The van der Waals surface area contributed by atoms with Crippen molar-refractivity contribution in [1.29, 1.82) is 0 Å². The van der Waals surface area contributed by atoms with Crippen molar-refractivity contribution in [3.8, 4) is 11.5 Å². The van der Waals surface area contributed by atoms with E-state index in [-0.39, 0.29) is 5.91 Å². The van der Waals surface area contributed by atoms with Gasteiger partial charge in [-0.1, -0.05) is 18.2 Å². The first-order valence-electron chi connectivity index (χ1n) is 7.92. The molecule has 1 amide bonds. The number of para-hydroxylation sites is 1. The van der Waals surface area contributed by atoms with E-state index in [4.69, 9.17) is 9.47 Å². The number of carbonyl (C=O) groups excluding carboxylic acids is 1. The van der Waals surface area contributed by atoms with E-state index < -0.39 is 0 Å². The van der Waals surface area contributed by atoms with E-state index in [1.165, 1.54) is 10.3 Å². The summed E-state index contributed by atoms with van der Waals surface area (Å²) in [5.74, 6) is 1.82. The molecule has 0 saturated heterocycles. The lowest BCUT2D eigenvalue weighted by Gasteiger charge is -2.10. The standard InChI is InChI=1S/C19H20N2O3S/c1-23-16-8-7-13(11-17(16)24-2)19(22)20-9-10-25-18-12-21-15-6-4-3-5-14(15)18/h3-8,11-12,21H,9-10H2,1-2H3,(H,20,22). The molecule has 0 atom stereocenters. The first-order chi connectivity index (χ1) is 12.2. The number of methoxy groups -OCH3 is 2. The van der Waals surface area contributed by atoms with Crippen LogP contribution in [-0.2, 0) is 0 Å². The molecular formula is C19H20N2O3S. The minimum absolute atomic E-state index is 0.125. The highest BCUT2D eigenvalue weighted by atomic mass is 32.2. The number of nitrogens with one attached hydrogen (secondary N) is 2. The summed E-state index contributed by atoms with van der Waals surface area (Å²) in [6.07, 6.45) is 2.01. The highest BCUT2D eigenvalue weighted by molar-refractivity contribution is 7.99. The van der Waals surface area contributed by atoms with Crippen LogP contribution < -0.4 is 14.8 Å². The summed E-state index contributed by atoms with van der Waals surface area (Å²) in [4.78, 5) is 16.7. The average Bonchev–Trinajstić information content (AvgIpc) is 3.07. The predicted octanol–water partition coefficient (Wildman–Crippen LogP) is 3.71. The van der Waals surface area contributed by atoms with Crippen LogP contribution in [0, 0.1) is 0 Å². The highest BCUT2D eigenvalue weighted by Gasteiger charge is 2.10. The van der Waals surface area contributed by atoms with E-state index in [1.807, 2.05) is 18.3 Å². The first-order valence-corrected chi connectivity index (χ1v) is 8.90. The van der Waals surface area contributed by atoms with Gasteiger partial charge in [0.05, 0.1) is 14.2 Å². The molecule has 3 rings (SSSR count). The number of hydrogen-bond acceptors (Lipinski definition) is 4. The number of aromatic nitrogens is 1. The van der Waals surface area contributed by atoms with E-state index in [0.29, 0.717) is 23.6 Å². The van der Waals surface area contributed by atoms with Crippen molar-refractivity contribution in [3.05, 3.63) is 54.2 Å². The lowest BCUT2D eigenvalue weighted by Crippen LogP contribution is -2.25. The molecule has 0 aliphatic carbocycles. The van der Waals surface area contributed by atoms with E-state index in [0.717, 1.165) is 11.3 Å². The second kappa shape index (κ2) is 7.98. The van der Waals surface area contributed by atoms with Crippen molar-refractivity contribution in [2.24, 2.45) is 0 Å². The minimum Gasteiger partial charge on any atom is -0.493 e. The Morgan fingerprint density at radius 2 is 1.92 bits per heavy atom. The summed E-state index contributed by atoms with van der Waals surface area (Å²) in [5, 5.41) is 4.14. The number of H-pyrrole nitrogens is 1. The normalized spacial score (nSPS) is 10.6. The third kappa shape index (κ3) is 3.91. The van der Waals surface area contributed by atoms with Crippen molar-refractivity contribution in [2.75, 3.05) is 26.5 Å². The molecule has 0 saturated carbocycles. The zero-order valence-electron chi connectivity index (χ0n) is 14.2. The molecule has 0 bridgehead atoms. The van der Waals surface area contributed by atoms with Crippen LogP contribution in [0.15, 0.2) is 53.6 Å². The van der Waals surface area contributed by atoms with Gasteiger partial charge in [-0.3, -0.25) is 4.79 Å². The largest absolute Gasteiger partial charge is 0.493 e. The number of rotatable bonds is 7. The fourth-order valence-electron chi connectivity index (χ4n) is 2.57.